The van der Waals surface area contributed by atoms with E-state index in [1.165, 1.54) is 0 Å². The lowest BCUT2D eigenvalue weighted by atomic mass is 10.0. The molecule has 88 valence electrons. The molecule has 2 aromatic rings. The summed E-state index contributed by atoms with van der Waals surface area (Å²) in [5.74, 6) is 0. The van der Waals surface area contributed by atoms with Gasteiger partial charge in [0.1, 0.15) is 0 Å². The van der Waals surface area contributed by atoms with Crippen LogP contribution < -0.4 is 0 Å². The lowest BCUT2D eigenvalue weighted by Crippen LogP contribution is -2.02. The van der Waals surface area contributed by atoms with Gasteiger partial charge in [-0.3, -0.25) is 0 Å². The number of hydrogen-bond acceptors (Lipinski definition) is 1. The Bertz CT molecular complexity index is 497. The molecule has 2 aromatic carbocycles. The van der Waals surface area contributed by atoms with Crippen LogP contribution in [0.15, 0.2) is 57.5 Å². The van der Waals surface area contributed by atoms with Gasteiger partial charge in [0, 0.05) is 15.4 Å². The van der Waals surface area contributed by atoms with E-state index in [0.29, 0.717) is 6.42 Å². The molecule has 17 heavy (non-hydrogen) atoms. The summed E-state index contributed by atoms with van der Waals surface area (Å²) in [6, 6.07) is 15.8. The van der Waals surface area contributed by atoms with Gasteiger partial charge in [-0.25, -0.2) is 0 Å². The van der Waals surface area contributed by atoms with E-state index >= 15 is 0 Å². The molecule has 0 aromatic heterocycles. The number of aliphatic hydroxyl groups is 1. The highest BCUT2D eigenvalue weighted by molar-refractivity contribution is 9.11. The Kier molecular flexibility index (Phi) is 4.37. The molecule has 0 aliphatic heterocycles. The molecule has 0 spiro atoms. The van der Waals surface area contributed by atoms with Gasteiger partial charge in [-0.1, -0.05) is 68.3 Å². The van der Waals surface area contributed by atoms with Crippen molar-refractivity contribution in [1.82, 2.24) is 0 Å². The minimum Gasteiger partial charge on any atom is -0.388 e. The van der Waals surface area contributed by atoms with Crippen molar-refractivity contribution in [3.8, 4) is 0 Å². The summed E-state index contributed by atoms with van der Waals surface area (Å²) in [5.41, 5.74) is 2.05. The van der Waals surface area contributed by atoms with Gasteiger partial charge >= 0.3 is 0 Å². The van der Waals surface area contributed by atoms with Crippen LogP contribution in [-0.2, 0) is 6.42 Å². The van der Waals surface area contributed by atoms with Crippen LogP contribution in [0.4, 0.5) is 0 Å². The van der Waals surface area contributed by atoms with Crippen LogP contribution in [0.5, 0.6) is 0 Å². The van der Waals surface area contributed by atoms with Gasteiger partial charge in [-0.2, -0.15) is 0 Å². The van der Waals surface area contributed by atoms with Crippen molar-refractivity contribution in [1.29, 1.82) is 0 Å². The summed E-state index contributed by atoms with van der Waals surface area (Å²) in [6.45, 7) is 0. The van der Waals surface area contributed by atoms with E-state index < -0.39 is 6.10 Å². The molecule has 1 atom stereocenters. The summed E-state index contributed by atoms with van der Waals surface area (Å²) in [6.07, 6.45) is 0.140. The molecule has 0 saturated carbocycles. The number of rotatable bonds is 3. The third-order valence-corrected chi connectivity index (χ3v) is 3.77. The molecule has 0 aliphatic carbocycles. The van der Waals surface area contributed by atoms with Gasteiger partial charge in [0.05, 0.1) is 6.10 Å². The lowest BCUT2D eigenvalue weighted by molar-refractivity contribution is 0.177. The van der Waals surface area contributed by atoms with E-state index in [2.05, 4.69) is 31.9 Å². The van der Waals surface area contributed by atoms with Crippen LogP contribution in [-0.4, -0.2) is 5.11 Å². The summed E-state index contributed by atoms with van der Waals surface area (Å²) in [5, 5.41) is 10.2. The smallest absolute Gasteiger partial charge is 0.0841 e. The number of benzene rings is 2. The van der Waals surface area contributed by atoms with Gasteiger partial charge < -0.3 is 5.11 Å². The molecule has 0 amide bonds. The highest BCUT2D eigenvalue weighted by atomic mass is 79.9. The second-order valence-corrected chi connectivity index (χ2v) is 5.64. The van der Waals surface area contributed by atoms with Crippen LogP contribution in [0.2, 0.25) is 0 Å². The number of halogens is 2. The Morgan fingerprint density at radius 2 is 1.71 bits per heavy atom. The molecule has 1 N–H and O–H groups in total. The number of hydrogen-bond donors (Lipinski definition) is 1. The van der Waals surface area contributed by atoms with E-state index in [4.69, 9.17) is 0 Å². The van der Waals surface area contributed by atoms with E-state index in [1.54, 1.807) is 0 Å². The fraction of sp³-hybridized carbons (Fsp3) is 0.143. The van der Waals surface area contributed by atoms with Gasteiger partial charge in [-0.05, 0) is 23.3 Å². The Morgan fingerprint density at radius 3 is 2.35 bits per heavy atom. The molecular formula is C14H12Br2O. The minimum atomic E-state index is -0.486. The topological polar surface area (TPSA) is 20.2 Å². The normalized spacial score (nSPS) is 12.4. The number of aliphatic hydroxyl groups excluding tert-OH is 1. The first kappa shape index (κ1) is 12.8. The molecule has 1 nitrogen and oxygen atoms in total. The van der Waals surface area contributed by atoms with Crippen LogP contribution in [0.1, 0.15) is 17.2 Å². The SMILES string of the molecule is OC(Cc1ccccc1)c1ccc(Br)cc1Br. The second-order valence-electron chi connectivity index (χ2n) is 3.87. The van der Waals surface area contributed by atoms with Crippen molar-refractivity contribution in [2.24, 2.45) is 0 Å². The van der Waals surface area contributed by atoms with Crippen LogP contribution in [0, 0.1) is 0 Å². The molecule has 2 rings (SSSR count). The van der Waals surface area contributed by atoms with E-state index in [0.717, 1.165) is 20.1 Å². The third-order valence-electron chi connectivity index (χ3n) is 2.59. The van der Waals surface area contributed by atoms with Crippen LogP contribution >= 0.6 is 31.9 Å². The minimum absolute atomic E-state index is 0.486. The Balaban J connectivity index is 2.17. The van der Waals surface area contributed by atoms with Crippen LogP contribution in [0.25, 0.3) is 0 Å². The van der Waals surface area contributed by atoms with Gasteiger partial charge in [0.2, 0.25) is 0 Å². The zero-order valence-corrected chi connectivity index (χ0v) is 12.3. The van der Waals surface area contributed by atoms with Gasteiger partial charge in [0.25, 0.3) is 0 Å². The van der Waals surface area contributed by atoms with Crippen molar-refractivity contribution in [2.75, 3.05) is 0 Å². The molecule has 0 radical (unpaired) electrons. The molecule has 0 bridgehead atoms. The fourth-order valence-corrected chi connectivity index (χ4v) is 3.03. The molecule has 0 heterocycles. The van der Waals surface area contributed by atoms with Gasteiger partial charge in [-0.15, -0.1) is 0 Å². The highest BCUT2D eigenvalue weighted by Gasteiger charge is 2.11. The van der Waals surface area contributed by atoms with E-state index in [1.807, 2.05) is 48.5 Å². The Morgan fingerprint density at radius 1 is 1.00 bits per heavy atom. The average molecular weight is 356 g/mol. The summed E-state index contributed by atoms with van der Waals surface area (Å²) in [4.78, 5) is 0. The second kappa shape index (κ2) is 5.80. The maximum absolute atomic E-state index is 10.2. The average Bonchev–Trinajstić information content (AvgIpc) is 2.30. The van der Waals surface area contributed by atoms with Crippen LogP contribution in [0.3, 0.4) is 0 Å². The largest absolute Gasteiger partial charge is 0.388 e. The third kappa shape index (κ3) is 3.41. The molecule has 3 heteroatoms. The molecule has 0 fully saturated rings. The highest BCUT2D eigenvalue weighted by Crippen LogP contribution is 2.28. The predicted octanol–water partition coefficient (Wildman–Crippen LogP) is 4.49. The summed E-state index contributed by atoms with van der Waals surface area (Å²) < 4.78 is 1.93. The summed E-state index contributed by atoms with van der Waals surface area (Å²) in [7, 11) is 0. The van der Waals surface area contributed by atoms with Crippen molar-refractivity contribution in [3.05, 3.63) is 68.6 Å². The predicted molar refractivity (Wildman–Crippen MR) is 76.9 cm³/mol. The zero-order chi connectivity index (χ0) is 12.3. The van der Waals surface area contributed by atoms with E-state index in [9.17, 15) is 5.11 Å². The van der Waals surface area contributed by atoms with Crippen molar-refractivity contribution in [2.45, 2.75) is 12.5 Å². The van der Waals surface area contributed by atoms with Crippen molar-refractivity contribution in [3.63, 3.8) is 0 Å². The lowest BCUT2D eigenvalue weighted by Gasteiger charge is -2.13. The summed E-state index contributed by atoms with van der Waals surface area (Å²) >= 11 is 6.87. The molecular weight excluding hydrogens is 344 g/mol. The Hall–Kier alpha value is -0.640. The quantitative estimate of drug-likeness (QED) is 0.860. The zero-order valence-electron chi connectivity index (χ0n) is 9.11. The maximum Gasteiger partial charge on any atom is 0.0841 e. The molecule has 1 unspecified atom stereocenters. The van der Waals surface area contributed by atoms with Crippen molar-refractivity contribution < 1.29 is 5.11 Å². The maximum atomic E-state index is 10.2. The standard InChI is InChI=1S/C14H12Br2O/c15-11-6-7-12(13(16)9-11)14(17)8-10-4-2-1-3-5-10/h1-7,9,14,17H,8H2. The van der Waals surface area contributed by atoms with E-state index in [-0.39, 0.29) is 0 Å². The fourth-order valence-electron chi connectivity index (χ4n) is 1.72. The first-order valence-corrected chi connectivity index (χ1v) is 6.92. The van der Waals surface area contributed by atoms with Gasteiger partial charge in [0.15, 0.2) is 0 Å². The monoisotopic (exact) mass is 354 g/mol. The molecule has 0 saturated heterocycles. The Labute approximate surface area is 118 Å². The first-order chi connectivity index (χ1) is 8.16. The van der Waals surface area contributed by atoms with Crippen molar-refractivity contribution >= 4 is 31.9 Å². The molecule has 0 aliphatic rings. The first-order valence-electron chi connectivity index (χ1n) is 5.34.